The van der Waals surface area contributed by atoms with Gasteiger partial charge in [-0.1, -0.05) is 189 Å². The lowest BCUT2D eigenvalue weighted by molar-refractivity contribution is -0.127. The van der Waals surface area contributed by atoms with Crippen LogP contribution in [0.15, 0.2) is 107 Å². The van der Waals surface area contributed by atoms with Crippen LogP contribution in [0.4, 0.5) is 51.7 Å². The molecular weight excluding hydrogens is 1970 g/mol. The summed E-state index contributed by atoms with van der Waals surface area (Å²) in [4.78, 5) is 118. The Bertz CT molecular complexity index is 6640. The predicted molar refractivity (Wildman–Crippen MR) is 527 cm³/mol. The molecule has 135 heavy (non-hydrogen) atoms. The van der Waals surface area contributed by atoms with E-state index in [1.807, 2.05) is 65.2 Å². The summed E-state index contributed by atoms with van der Waals surface area (Å²) in [7, 11) is 0. The highest BCUT2D eigenvalue weighted by Crippen LogP contribution is 2.51. The lowest BCUT2D eigenvalue weighted by Crippen LogP contribution is -2.49. The first kappa shape index (κ1) is 100. The Morgan fingerprint density at radius 1 is 0.378 bits per heavy atom. The van der Waals surface area contributed by atoms with Crippen molar-refractivity contribution in [3.8, 4) is 69.0 Å². The van der Waals surface area contributed by atoms with Gasteiger partial charge < -0.3 is 46.6 Å². The number of nitrogen functional groups attached to an aromatic ring is 3. The largest absolute Gasteiger partial charge is 0.397 e. The number of carbonyl (C=O) groups excluding carboxylic acids is 3. The van der Waals surface area contributed by atoms with Crippen LogP contribution >= 0.6 is 128 Å². The van der Waals surface area contributed by atoms with Crippen molar-refractivity contribution >= 4 is 213 Å². The van der Waals surface area contributed by atoms with Gasteiger partial charge in [0.2, 0.25) is 17.7 Å². The first-order chi connectivity index (χ1) is 64.0. The molecule has 0 unspecified atom stereocenters. The molecule has 3 saturated heterocycles. The summed E-state index contributed by atoms with van der Waals surface area (Å²) in [5.41, 5.74) is 20.3. The van der Waals surface area contributed by atoms with Gasteiger partial charge in [-0.05, 0) is 110 Å². The summed E-state index contributed by atoms with van der Waals surface area (Å²) in [6.07, 6.45) is 8.58. The molecule has 0 saturated carbocycles. The summed E-state index contributed by atoms with van der Waals surface area (Å²) in [5.74, 6) is -5.99. The second kappa shape index (κ2) is 40.5. The molecule has 15 rings (SSSR count). The number of anilines is 6. The van der Waals surface area contributed by atoms with Gasteiger partial charge in [-0.15, -0.1) is 0 Å². The number of piperazine rings is 3. The number of carbonyl (C=O) groups is 3. The van der Waals surface area contributed by atoms with Crippen molar-refractivity contribution in [2.45, 2.75) is 80.1 Å². The van der Waals surface area contributed by atoms with Crippen LogP contribution in [0.25, 0.3) is 83.9 Å². The van der Waals surface area contributed by atoms with Crippen LogP contribution in [0, 0.1) is 78.0 Å². The standard InChI is InChI=1S/2C31H26Cl4FN7O2.C31H26Cl3F2N7O2/c2*1-5-19(44)41-8-10-42(11-9-41)29-16-12-18(32)27(20-21(33)24(36)22(34)23(35)25(20)38)40-30(16)43(31(45)17(29)13-37)28-15(4)6-7-39-26(28)14(2)3;1-5-19(44)41-8-10-42(11-9-41)29-16-12-18(32)27(20-23(35)24(36)21(33)22(34)25(20)38)40-30(16)43(31(45)17(29)13-37)28-15(4)6-7-39-26(28)14(2)3/h3*5-7,12,14H,1,8-11,38H2,2-4H3. The molecule has 0 aliphatic carbocycles. The number of benzene rings is 3. The van der Waals surface area contributed by atoms with Crippen LogP contribution in [-0.2, 0) is 14.4 Å². The Morgan fingerprint density at radius 2 is 0.622 bits per heavy atom. The predicted octanol–water partition coefficient (Wildman–Crippen LogP) is 20.2. The van der Waals surface area contributed by atoms with Gasteiger partial charge in [0.1, 0.15) is 56.9 Å². The quantitative estimate of drug-likeness (QED) is 0.0282. The van der Waals surface area contributed by atoms with Crippen molar-refractivity contribution in [3.63, 3.8) is 0 Å². The van der Waals surface area contributed by atoms with Gasteiger partial charge in [-0.2, -0.15) is 15.8 Å². The van der Waals surface area contributed by atoms with Crippen molar-refractivity contribution in [2.24, 2.45) is 0 Å². The van der Waals surface area contributed by atoms with E-state index in [-0.39, 0.29) is 158 Å². The third-order valence-electron chi connectivity index (χ3n) is 23.2. The van der Waals surface area contributed by atoms with E-state index in [1.54, 1.807) is 63.3 Å². The molecule has 0 bridgehead atoms. The molecule has 3 fully saturated rings. The fraction of sp³-hybridized carbons (Fsp3) is 0.258. The molecule has 12 aromatic rings. The van der Waals surface area contributed by atoms with Gasteiger partial charge in [0.05, 0.1) is 141 Å². The number of nitriles is 3. The fourth-order valence-electron chi connectivity index (χ4n) is 16.6. The molecule has 42 heteroatoms. The second-order valence-corrected chi connectivity index (χ2v) is 36.5. The number of halogens is 15. The van der Waals surface area contributed by atoms with E-state index in [0.29, 0.717) is 138 Å². The molecule has 3 aromatic carbocycles. The molecule has 9 aromatic heterocycles. The summed E-state index contributed by atoms with van der Waals surface area (Å²) >= 11 is 69.7. The van der Waals surface area contributed by atoms with E-state index in [9.17, 15) is 48.9 Å². The Labute approximate surface area is 824 Å². The van der Waals surface area contributed by atoms with E-state index in [0.717, 1.165) is 0 Å². The Balaban J connectivity index is 0.000000171. The zero-order valence-corrected chi connectivity index (χ0v) is 81.5. The van der Waals surface area contributed by atoms with E-state index < -0.39 is 81.3 Å². The van der Waals surface area contributed by atoms with Crippen molar-refractivity contribution in [3.05, 3.63) is 253 Å². The number of aromatic nitrogens is 9. The maximum Gasteiger partial charge on any atom is 0.276 e. The van der Waals surface area contributed by atoms with Crippen LogP contribution in [0.2, 0.25) is 55.2 Å². The second-order valence-electron chi connectivity index (χ2n) is 32.2. The maximum absolute atomic E-state index is 15.5. The zero-order valence-electron chi connectivity index (χ0n) is 73.2. The number of hydrogen-bond acceptors (Lipinski definition) is 21. The molecule has 0 radical (unpaired) electrons. The van der Waals surface area contributed by atoms with E-state index in [4.69, 9.17) is 155 Å². The number of nitrogens with two attached hydrogens (primary N) is 3. The molecule has 3 aliphatic heterocycles. The number of amides is 3. The van der Waals surface area contributed by atoms with Crippen LogP contribution in [0.5, 0.6) is 0 Å². The molecule has 3 aliphatic rings. The highest BCUT2D eigenvalue weighted by molar-refractivity contribution is 6.48. The monoisotopic (exact) mass is 2050 g/mol. The Hall–Kier alpha value is -12.0. The normalized spacial score (nSPS) is 13.4. The minimum atomic E-state index is -1.45. The molecule has 6 N–H and O–H groups in total. The highest BCUT2D eigenvalue weighted by atomic mass is 35.5. The molecule has 12 heterocycles. The van der Waals surface area contributed by atoms with E-state index in [2.05, 4.69) is 57.9 Å². The first-order valence-electron chi connectivity index (χ1n) is 41.3. The number of hydrogen-bond donors (Lipinski definition) is 3. The number of fused-ring (bicyclic) bond motifs is 3. The van der Waals surface area contributed by atoms with Crippen LogP contribution in [0.3, 0.4) is 0 Å². The first-order valence-corrected chi connectivity index (χ1v) is 45.5. The number of aryl methyl sites for hydroxylation is 3. The third-order valence-corrected chi connectivity index (χ3v) is 27.3. The van der Waals surface area contributed by atoms with Crippen LogP contribution in [0.1, 0.15) is 110 Å². The number of nitrogens with zero attached hydrogens (tertiary/aromatic N) is 18. The topological polar surface area (TPSA) is 363 Å². The number of pyridine rings is 9. The van der Waals surface area contributed by atoms with Crippen LogP contribution < -0.4 is 48.6 Å². The minimum absolute atomic E-state index is 0.00306. The van der Waals surface area contributed by atoms with Gasteiger partial charge in [0, 0.05) is 124 Å². The average Bonchev–Trinajstić information content (AvgIpc) is 0.728. The van der Waals surface area contributed by atoms with Crippen molar-refractivity contribution in [1.29, 1.82) is 15.8 Å². The van der Waals surface area contributed by atoms with Gasteiger partial charge >= 0.3 is 0 Å². The van der Waals surface area contributed by atoms with Crippen molar-refractivity contribution < 1.29 is 31.9 Å². The van der Waals surface area contributed by atoms with Gasteiger partial charge in [0.25, 0.3) is 16.7 Å². The smallest absolute Gasteiger partial charge is 0.276 e. The maximum atomic E-state index is 15.5. The van der Waals surface area contributed by atoms with Crippen molar-refractivity contribution in [2.75, 3.05) is 110 Å². The lowest BCUT2D eigenvalue weighted by atomic mass is 10.0. The van der Waals surface area contributed by atoms with Crippen molar-refractivity contribution in [1.82, 2.24) is 58.3 Å². The summed E-state index contributed by atoms with van der Waals surface area (Å²) in [6.45, 7) is 31.2. The minimum Gasteiger partial charge on any atom is -0.397 e. The van der Waals surface area contributed by atoms with E-state index in [1.165, 1.54) is 50.1 Å². The van der Waals surface area contributed by atoms with Gasteiger partial charge in [-0.3, -0.25) is 57.4 Å². The Kier molecular flexibility index (Phi) is 30.1. The summed E-state index contributed by atoms with van der Waals surface area (Å²) in [5, 5.41) is 28.5. The average molecular weight is 2050 g/mol. The third kappa shape index (κ3) is 18.0. The molecule has 696 valence electrons. The molecule has 0 spiro atoms. The zero-order chi connectivity index (χ0) is 98.7. The molecule has 27 nitrogen and oxygen atoms in total. The van der Waals surface area contributed by atoms with Gasteiger partial charge in [-0.25, -0.2) is 32.5 Å². The Morgan fingerprint density at radius 3 is 0.867 bits per heavy atom. The van der Waals surface area contributed by atoms with Crippen LogP contribution in [-0.4, -0.2) is 155 Å². The van der Waals surface area contributed by atoms with E-state index >= 15 is 13.2 Å². The summed E-state index contributed by atoms with van der Waals surface area (Å²) in [6, 6.07) is 15.9. The molecule has 0 atom stereocenters. The lowest BCUT2D eigenvalue weighted by Gasteiger charge is -2.36. The fourth-order valence-corrected chi connectivity index (χ4v) is 19.1. The molecular formula is C93H78Cl11F4N21O6. The number of rotatable bonds is 15. The SMILES string of the molecule is C=CC(=O)N1CCN(c2c(C#N)c(=O)n(-c3c(C)ccnc3C(C)C)c3nc(-c4c(N)c(Cl)c(Cl)c(F)c4Cl)c(Cl)cc23)CC1.C=CC(=O)N1CCN(c2c(C#N)c(=O)n(-c3c(C)ccnc3C(C)C)c3nc(-c4c(N)c(Cl)c(Cl)c(F)c4Cl)c(Cl)cc23)CC1.C=CC(=O)N1CCN(c2c(C#N)c(=O)n(-c3c(C)ccnc3C(C)C)c3nc(-c4c(N)c(Cl)c(Cl)c(F)c4F)c(Cl)cc23)CC1. The summed E-state index contributed by atoms with van der Waals surface area (Å²) < 4.78 is 64.3. The highest BCUT2D eigenvalue weighted by Gasteiger charge is 2.38. The van der Waals surface area contributed by atoms with Gasteiger partial charge in [0.15, 0.2) is 23.3 Å². The molecule has 3 amide bonds.